The van der Waals surface area contributed by atoms with Crippen molar-refractivity contribution in [2.45, 2.75) is 37.6 Å². The number of furan rings is 1. The highest BCUT2D eigenvalue weighted by Crippen LogP contribution is 2.47. The van der Waals surface area contributed by atoms with E-state index >= 15 is 0 Å². The molecule has 0 aliphatic heterocycles. The molecule has 0 N–H and O–H groups in total. The number of rotatable bonds is 9. The van der Waals surface area contributed by atoms with Crippen molar-refractivity contribution in [1.29, 1.82) is 0 Å². The lowest BCUT2D eigenvalue weighted by Crippen LogP contribution is -2.26. The average Bonchev–Trinajstić information content (AvgIpc) is 3.17. The first-order chi connectivity index (χ1) is 12.8. The fraction of sp³-hybridized carbons (Fsp3) is 0.500. The van der Waals surface area contributed by atoms with E-state index in [4.69, 9.17) is 13.9 Å². The summed E-state index contributed by atoms with van der Waals surface area (Å²) in [6.45, 7) is 5.12. The second-order valence-corrected chi connectivity index (χ2v) is 9.20. The third kappa shape index (κ3) is 4.54. The minimum Gasteiger partial charge on any atom is -0.491 e. The second-order valence-electron chi connectivity index (χ2n) is 7.15. The quantitative estimate of drug-likeness (QED) is 0.609. The van der Waals surface area contributed by atoms with Gasteiger partial charge in [-0.1, -0.05) is 6.92 Å². The molecule has 2 atom stereocenters. The first-order valence-corrected chi connectivity index (χ1v) is 10.5. The van der Waals surface area contributed by atoms with Crippen LogP contribution in [0.15, 0.2) is 39.6 Å². The fourth-order valence-electron chi connectivity index (χ4n) is 3.06. The summed E-state index contributed by atoms with van der Waals surface area (Å²) in [5, 5.41) is 0. The summed E-state index contributed by atoms with van der Waals surface area (Å²) >= 11 is 0. The van der Waals surface area contributed by atoms with Gasteiger partial charge in [0.1, 0.15) is 23.9 Å². The lowest BCUT2D eigenvalue weighted by atomic mass is 10.2. The Labute approximate surface area is 161 Å². The molecule has 7 heteroatoms. The molecular weight excluding hydrogens is 366 g/mol. The van der Waals surface area contributed by atoms with E-state index in [1.807, 2.05) is 19.1 Å². The molecule has 1 heterocycles. The third-order valence-electron chi connectivity index (χ3n) is 4.94. The maximum Gasteiger partial charge on any atom is 0.243 e. The van der Waals surface area contributed by atoms with Gasteiger partial charge in [0.25, 0.3) is 0 Å². The molecule has 0 radical (unpaired) electrons. The molecular formula is C20H27NO5S. The maximum atomic E-state index is 12.9. The molecule has 148 valence electrons. The van der Waals surface area contributed by atoms with Crippen LogP contribution in [0.3, 0.4) is 0 Å². The smallest absolute Gasteiger partial charge is 0.243 e. The highest BCUT2D eigenvalue weighted by atomic mass is 32.2. The van der Waals surface area contributed by atoms with Crippen molar-refractivity contribution in [3.05, 3.63) is 47.4 Å². The van der Waals surface area contributed by atoms with Crippen LogP contribution in [0.5, 0.6) is 5.75 Å². The lowest BCUT2D eigenvalue weighted by Gasteiger charge is -2.17. The van der Waals surface area contributed by atoms with Crippen LogP contribution in [-0.2, 0) is 21.3 Å². The minimum atomic E-state index is -3.61. The van der Waals surface area contributed by atoms with Crippen molar-refractivity contribution in [1.82, 2.24) is 4.31 Å². The predicted molar refractivity (Wildman–Crippen MR) is 102 cm³/mol. The van der Waals surface area contributed by atoms with E-state index in [1.54, 1.807) is 32.4 Å². The molecule has 0 saturated heterocycles. The molecule has 0 amide bonds. The van der Waals surface area contributed by atoms with Gasteiger partial charge < -0.3 is 13.9 Å². The molecule has 1 fully saturated rings. The summed E-state index contributed by atoms with van der Waals surface area (Å²) < 4.78 is 43.5. The van der Waals surface area contributed by atoms with Crippen molar-refractivity contribution in [3.63, 3.8) is 0 Å². The van der Waals surface area contributed by atoms with Crippen molar-refractivity contribution >= 4 is 10.0 Å². The molecule has 6 nitrogen and oxygen atoms in total. The Balaban J connectivity index is 1.69. The van der Waals surface area contributed by atoms with Gasteiger partial charge in [0.15, 0.2) is 0 Å². The molecule has 1 aromatic carbocycles. The number of ether oxygens (including phenoxy) is 2. The monoisotopic (exact) mass is 393 g/mol. The largest absolute Gasteiger partial charge is 0.491 e. The number of hydrogen-bond donors (Lipinski definition) is 0. The van der Waals surface area contributed by atoms with E-state index in [2.05, 4.69) is 6.92 Å². The maximum absolute atomic E-state index is 12.9. The van der Waals surface area contributed by atoms with Crippen molar-refractivity contribution in [2.24, 2.45) is 5.92 Å². The van der Waals surface area contributed by atoms with Crippen LogP contribution in [0.2, 0.25) is 0 Å². The summed E-state index contributed by atoms with van der Waals surface area (Å²) in [6, 6.07) is 8.71. The lowest BCUT2D eigenvalue weighted by molar-refractivity contribution is 0.146. The first kappa shape index (κ1) is 19.9. The fourth-order valence-corrected chi connectivity index (χ4v) is 4.28. The van der Waals surface area contributed by atoms with E-state index < -0.39 is 10.0 Å². The molecule has 1 aliphatic rings. The van der Waals surface area contributed by atoms with Gasteiger partial charge in [-0.05, 0) is 55.2 Å². The van der Waals surface area contributed by atoms with E-state index in [-0.39, 0.29) is 11.4 Å². The third-order valence-corrected chi connectivity index (χ3v) is 6.73. The van der Waals surface area contributed by atoms with Gasteiger partial charge >= 0.3 is 0 Å². The van der Waals surface area contributed by atoms with Gasteiger partial charge in [-0.15, -0.1) is 0 Å². The van der Waals surface area contributed by atoms with Crippen LogP contribution in [0, 0.1) is 12.8 Å². The number of methoxy groups -OCH3 is 1. The zero-order valence-electron chi connectivity index (χ0n) is 16.3. The van der Waals surface area contributed by atoms with Gasteiger partial charge in [0.2, 0.25) is 10.0 Å². The molecule has 0 spiro atoms. The average molecular weight is 394 g/mol. The molecule has 0 unspecified atom stereocenters. The Morgan fingerprint density at radius 1 is 1.22 bits per heavy atom. The molecule has 3 rings (SSSR count). The van der Waals surface area contributed by atoms with Crippen molar-refractivity contribution in [3.8, 4) is 5.75 Å². The van der Waals surface area contributed by atoms with E-state index in [1.165, 1.54) is 4.31 Å². The van der Waals surface area contributed by atoms with Gasteiger partial charge in [0, 0.05) is 20.1 Å². The number of sulfonamides is 1. The van der Waals surface area contributed by atoms with Crippen molar-refractivity contribution in [2.75, 3.05) is 27.4 Å². The molecule has 1 aromatic heterocycles. The van der Waals surface area contributed by atoms with Crippen LogP contribution < -0.4 is 4.74 Å². The Bertz CT molecular complexity index is 890. The van der Waals surface area contributed by atoms with Gasteiger partial charge in [0.05, 0.1) is 18.0 Å². The van der Waals surface area contributed by atoms with E-state index in [0.29, 0.717) is 36.6 Å². The number of aryl methyl sites for hydroxylation is 1. The normalized spacial score (nSPS) is 19.4. The van der Waals surface area contributed by atoms with Crippen LogP contribution in [0.4, 0.5) is 0 Å². The zero-order valence-corrected chi connectivity index (χ0v) is 17.1. The Kier molecular flexibility index (Phi) is 5.93. The van der Waals surface area contributed by atoms with Gasteiger partial charge in [-0.3, -0.25) is 0 Å². The Morgan fingerprint density at radius 2 is 1.96 bits per heavy atom. The highest BCUT2D eigenvalue weighted by Gasteiger charge is 2.36. The van der Waals surface area contributed by atoms with Crippen LogP contribution in [0.1, 0.15) is 36.3 Å². The topological polar surface area (TPSA) is 69.0 Å². The van der Waals surface area contributed by atoms with Crippen LogP contribution in [0.25, 0.3) is 0 Å². The van der Waals surface area contributed by atoms with Gasteiger partial charge in [-0.2, -0.15) is 4.31 Å². The minimum absolute atomic E-state index is 0.203. The summed E-state index contributed by atoms with van der Waals surface area (Å²) in [5.41, 5.74) is 0.767. The van der Waals surface area contributed by atoms with Crippen LogP contribution in [-0.4, -0.2) is 40.1 Å². The highest BCUT2D eigenvalue weighted by molar-refractivity contribution is 7.89. The molecule has 27 heavy (non-hydrogen) atoms. The Hall–Kier alpha value is -1.83. The summed E-state index contributed by atoms with van der Waals surface area (Å²) in [7, 11) is -0.443. The molecule has 1 aliphatic carbocycles. The van der Waals surface area contributed by atoms with E-state index in [0.717, 1.165) is 17.7 Å². The predicted octanol–water partition coefficient (Wildman–Crippen LogP) is 3.56. The van der Waals surface area contributed by atoms with E-state index in [9.17, 15) is 8.42 Å². The number of hydrogen-bond acceptors (Lipinski definition) is 5. The van der Waals surface area contributed by atoms with Crippen LogP contribution >= 0.6 is 0 Å². The molecule has 0 bridgehead atoms. The SMILES string of the molecule is COCCOc1ccc(S(=O)(=O)N(C)Cc2ccc([C@@H]3C[C@H]3C)o2)cc1C. The summed E-state index contributed by atoms with van der Waals surface area (Å²) in [5.74, 6) is 3.40. The van der Waals surface area contributed by atoms with Gasteiger partial charge in [-0.25, -0.2) is 8.42 Å². The van der Waals surface area contributed by atoms with Crippen molar-refractivity contribution < 1.29 is 22.3 Å². The standard InChI is InChI=1S/C20H27NO5S/c1-14-12-18(14)20-7-5-16(26-20)13-21(3)27(22,23)17-6-8-19(15(2)11-17)25-10-9-24-4/h5-8,11,14,18H,9-10,12-13H2,1-4H3/t14-,18-/m1/s1. The number of benzene rings is 1. The second kappa shape index (κ2) is 8.04. The summed E-state index contributed by atoms with van der Waals surface area (Å²) in [4.78, 5) is 0.240. The first-order valence-electron chi connectivity index (χ1n) is 9.10. The molecule has 2 aromatic rings. The molecule has 1 saturated carbocycles. The number of nitrogens with zero attached hydrogens (tertiary/aromatic N) is 1. The Morgan fingerprint density at radius 3 is 2.59 bits per heavy atom. The zero-order chi connectivity index (χ0) is 19.6. The summed E-state index contributed by atoms with van der Waals surface area (Å²) in [6.07, 6.45) is 1.14.